The Bertz CT molecular complexity index is 1260. The quantitative estimate of drug-likeness (QED) is 0.399. The largest absolute Gasteiger partial charge is 0.495 e. The fourth-order valence-corrected chi connectivity index (χ4v) is 4.39. The average Bonchev–Trinajstić information content (AvgIpc) is 3.15. The maximum absolute atomic E-state index is 14.0. The van der Waals surface area contributed by atoms with E-state index in [4.69, 9.17) is 32.7 Å². The van der Waals surface area contributed by atoms with Crippen molar-refractivity contribution in [2.45, 2.75) is 31.6 Å². The number of hydrogen-bond acceptors (Lipinski definition) is 5. The molecule has 186 valence electrons. The molecule has 2 aromatic carbocycles. The summed E-state index contributed by atoms with van der Waals surface area (Å²) in [7, 11) is 2.77. The summed E-state index contributed by atoms with van der Waals surface area (Å²) in [6, 6.07) is 7.35. The predicted molar refractivity (Wildman–Crippen MR) is 127 cm³/mol. The standard InChI is InChI=1S/C23H21Cl2F3N4O3/c1-11-4-6-12(7-5-11)14-10-18(23(26,27)28)32-21(29-14)19(25)20(31-32)22(33)30-15-9-16(34-2)13(24)8-17(15)35-3/h4-9,14,18,29H,10H2,1-3H3,(H,30,33)/t14-,18+/m1/s1. The predicted octanol–water partition coefficient (Wildman–Crippen LogP) is 6.43. The molecule has 1 amide bonds. The number of nitrogens with one attached hydrogen (secondary N) is 2. The first-order valence-electron chi connectivity index (χ1n) is 10.4. The fraction of sp³-hybridized carbons (Fsp3) is 0.304. The first-order valence-corrected chi connectivity index (χ1v) is 11.2. The number of rotatable bonds is 5. The first-order chi connectivity index (χ1) is 16.5. The highest BCUT2D eigenvalue weighted by atomic mass is 35.5. The zero-order valence-electron chi connectivity index (χ0n) is 18.8. The zero-order valence-corrected chi connectivity index (χ0v) is 20.3. The van der Waals surface area contributed by atoms with Crippen molar-refractivity contribution in [3.05, 3.63) is 63.3 Å². The van der Waals surface area contributed by atoms with Gasteiger partial charge in [0.05, 0.1) is 31.0 Å². The van der Waals surface area contributed by atoms with E-state index in [1.807, 2.05) is 19.1 Å². The van der Waals surface area contributed by atoms with E-state index in [0.717, 1.165) is 10.2 Å². The summed E-state index contributed by atoms with van der Waals surface area (Å²) in [5.41, 5.74) is 1.45. The van der Waals surface area contributed by atoms with E-state index in [1.165, 1.54) is 26.4 Å². The summed E-state index contributed by atoms with van der Waals surface area (Å²) in [6.45, 7) is 1.89. The highest BCUT2D eigenvalue weighted by Gasteiger charge is 2.47. The molecule has 4 rings (SSSR count). The Labute approximate surface area is 209 Å². The van der Waals surface area contributed by atoms with Crippen LogP contribution in [0.2, 0.25) is 10.0 Å². The van der Waals surface area contributed by atoms with Crippen molar-refractivity contribution in [1.82, 2.24) is 9.78 Å². The van der Waals surface area contributed by atoms with Crippen LogP contribution in [0, 0.1) is 6.92 Å². The van der Waals surface area contributed by atoms with E-state index >= 15 is 0 Å². The number of carbonyl (C=O) groups is 1. The maximum atomic E-state index is 14.0. The molecule has 0 unspecified atom stereocenters. The van der Waals surface area contributed by atoms with E-state index in [-0.39, 0.29) is 45.2 Å². The van der Waals surface area contributed by atoms with Crippen molar-refractivity contribution in [3.8, 4) is 11.5 Å². The summed E-state index contributed by atoms with van der Waals surface area (Å²) in [5.74, 6) is -0.432. The number of hydrogen-bond donors (Lipinski definition) is 2. The Hall–Kier alpha value is -3.11. The van der Waals surface area contributed by atoms with Gasteiger partial charge in [-0.1, -0.05) is 53.0 Å². The lowest BCUT2D eigenvalue weighted by atomic mass is 9.96. The van der Waals surface area contributed by atoms with Gasteiger partial charge >= 0.3 is 6.18 Å². The highest BCUT2D eigenvalue weighted by molar-refractivity contribution is 6.36. The molecule has 35 heavy (non-hydrogen) atoms. The van der Waals surface area contributed by atoms with Gasteiger partial charge in [0.2, 0.25) is 0 Å². The van der Waals surface area contributed by atoms with Crippen LogP contribution in [-0.4, -0.2) is 36.1 Å². The minimum atomic E-state index is -4.62. The van der Waals surface area contributed by atoms with E-state index in [9.17, 15) is 18.0 Å². The number of aryl methyl sites for hydroxylation is 1. The van der Waals surface area contributed by atoms with Gasteiger partial charge < -0.3 is 20.1 Å². The lowest BCUT2D eigenvalue weighted by Gasteiger charge is -2.33. The number of benzene rings is 2. The Morgan fingerprint density at radius 3 is 2.40 bits per heavy atom. The normalized spacial score (nSPS) is 17.4. The Balaban J connectivity index is 1.71. The van der Waals surface area contributed by atoms with Gasteiger partial charge in [-0.05, 0) is 12.5 Å². The molecule has 0 saturated heterocycles. The van der Waals surface area contributed by atoms with Crippen molar-refractivity contribution < 1.29 is 27.4 Å². The van der Waals surface area contributed by atoms with Gasteiger partial charge in [-0.3, -0.25) is 4.79 Å². The SMILES string of the molecule is COc1cc(NC(=O)c2nn3c(c2Cl)N[C@@H](c2ccc(C)cc2)C[C@H]3C(F)(F)F)c(OC)cc1Cl. The number of carbonyl (C=O) groups excluding carboxylic acids is 1. The van der Waals surface area contributed by atoms with Crippen LogP contribution in [0.15, 0.2) is 36.4 Å². The van der Waals surface area contributed by atoms with Gasteiger partial charge in [-0.15, -0.1) is 0 Å². The van der Waals surface area contributed by atoms with Crippen LogP contribution in [0.3, 0.4) is 0 Å². The van der Waals surface area contributed by atoms with Gasteiger partial charge in [0, 0.05) is 18.6 Å². The first kappa shape index (κ1) is 25.0. The molecule has 0 radical (unpaired) electrons. The second-order valence-corrected chi connectivity index (χ2v) is 8.78. The van der Waals surface area contributed by atoms with Crippen LogP contribution in [0.5, 0.6) is 11.5 Å². The lowest BCUT2D eigenvalue weighted by molar-refractivity contribution is -0.173. The van der Waals surface area contributed by atoms with Crippen molar-refractivity contribution >= 4 is 40.6 Å². The molecular weight excluding hydrogens is 508 g/mol. The topological polar surface area (TPSA) is 77.4 Å². The summed E-state index contributed by atoms with van der Waals surface area (Å²) < 4.78 is 53.1. The average molecular weight is 529 g/mol. The van der Waals surface area contributed by atoms with Crippen LogP contribution in [0.4, 0.5) is 24.7 Å². The number of aromatic nitrogens is 2. The van der Waals surface area contributed by atoms with E-state index < -0.39 is 24.2 Å². The molecule has 2 atom stereocenters. The number of nitrogens with zero attached hydrogens (tertiary/aromatic N) is 2. The van der Waals surface area contributed by atoms with Gasteiger partial charge in [0.15, 0.2) is 11.7 Å². The van der Waals surface area contributed by atoms with Crippen molar-refractivity contribution in [1.29, 1.82) is 0 Å². The number of anilines is 2. The number of halogens is 5. The lowest BCUT2D eigenvalue weighted by Crippen LogP contribution is -2.35. The van der Waals surface area contributed by atoms with Crippen LogP contribution in [-0.2, 0) is 0 Å². The molecule has 3 aromatic rings. The molecular formula is C23H21Cl2F3N4O3. The summed E-state index contributed by atoms with van der Waals surface area (Å²) in [5, 5.41) is 9.54. The summed E-state index contributed by atoms with van der Waals surface area (Å²) in [4.78, 5) is 13.0. The Morgan fingerprint density at radius 1 is 1.14 bits per heavy atom. The number of ether oxygens (including phenoxy) is 2. The molecule has 7 nitrogen and oxygen atoms in total. The second-order valence-electron chi connectivity index (χ2n) is 8.00. The molecule has 2 heterocycles. The summed E-state index contributed by atoms with van der Waals surface area (Å²) in [6.07, 6.45) is -4.93. The molecule has 0 spiro atoms. The monoisotopic (exact) mass is 528 g/mol. The zero-order chi connectivity index (χ0) is 25.5. The van der Waals surface area contributed by atoms with Crippen LogP contribution >= 0.6 is 23.2 Å². The van der Waals surface area contributed by atoms with Crippen LogP contribution in [0.1, 0.15) is 40.1 Å². The maximum Gasteiger partial charge on any atom is 0.410 e. The minimum absolute atomic E-state index is 0.0865. The fourth-order valence-electron chi connectivity index (χ4n) is 3.89. The van der Waals surface area contributed by atoms with Gasteiger partial charge in [0.25, 0.3) is 5.91 Å². The third kappa shape index (κ3) is 4.85. The highest BCUT2D eigenvalue weighted by Crippen LogP contribution is 2.46. The number of fused-ring (bicyclic) bond motifs is 1. The molecule has 0 bridgehead atoms. The smallest absolute Gasteiger partial charge is 0.410 e. The van der Waals surface area contributed by atoms with E-state index in [0.29, 0.717) is 5.56 Å². The summed E-state index contributed by atoms with van der Waals surface area (Å²) >= 11 is 12.5. The molecule has 1 aliphatic rings. The molecule has 0 aliphatic carbocycles. The molecule has 12 heteroatoms. The Kier molecular flexibility index (Phi) is 6.79. The van der Waals surface area contributed by atoms with Gasteiger partial charge in [-0.25, -0.2) is 4.68 Å². The Morgan fingerprint density at radius 2 is 1.80 bits per heavy atom. The molecule has 0 saturated carbocycles. The van der Waals surface area contributed by atoms with Crippen molar-refractivity contribution in [2.75, 3.05) is 24.9 Å². The minimum Gasteiger partial charge on any atom is -0.495 e. The van der Waals surface area contributed by atoms with E-state index in [2.05, 4.69) is 15.7 Å². The van der Waals surface area contributed by atoms with E-state index in [1.54, 1.807) is 12.1 Å². The van der Waals surface area contributed by atoms with Crippen LogP contribution < -0.4 is 20.1 Å². The second kappa shape index (κ2) is 9.50. The number of methoxy groups -OCH3 is 2. The third-order valence-electron chi connectivity index (χ3n) is 5.71. The third-order valence-corrected chi connectivity index (χ3v) is 6.37. The molecule has 2 N–H and O–H groups in total. The van der Waals surface area contributed by atoms with Crippen molar-refractivity contribution in [2.24, 2.45) is 0 Å². The number of alkyl halides is 3. The molecule has 1 aromatic heterocycles. The molecule has 1 aliphatic heterocycles. The van der Waals surface area contributed by atoms with Gasteiger partial charge in [-0.2, -0.15) is 18.3 Å². The van der Waals surface area contributed by atoms with Gasteiger partial charge in [0.1, 0.15) is 22.3 Å². The molecule has 0 fully saturated rings. The number of amides is 1. The van der Waals surface area contributed by atoms with Crippen molar-refractivity contribution in [3.63, 3.8) is 0 Å². The van der Waals surface area contributed by atoms with Crippen LogP contribution in [0.25, 0.3) is 0 Å².